The minimum atomic E-state index is -2.91. The smallest absolute Gasteiger partial charge is 0.261 e. The second-order valence-corrected chi connectivity index (χ2v) is 23.9. The molecule has 1 aliphatic carbocycles. The summed E-state index contributed by atoms with van der Waals surface area (Å²) in [6.45, 7) is 12.4. The molecule has 0 radical (unpaired) electrons. The molecule has 0 saturated carbocycles. The van der Waals surface area contributed by atoms with Crippen LogP contribution in [0.4, 0.5) is 0 Å². The first-order chi connectivity index (χ1) is 29.4. The first kappa shape index (κ1) is 43.6. The van der Waals surface area contributed by atoms with E-state index >= 15 is 0 Å². The van der Waals surface area contributed by atoms with Gasteiger partial charge in [0.05, 0.1) is 41.8 Å². The summed E-state index contributed by atoms with van der Waals surface area (Å²) in [6.07, 6.45) is 5.54. The van der Waals surface area contributed by atoms with Crippen molar-refractivity contribution in [1.29, 1.82) is 0 Å². The van der Waals surface area contributed by atoms with E-state index in [4.69, 9.17) is 13.9 Å². The van der Waals surface area contributed by atoms with E-state index in [9.17, 15) is 14.7 Å². The Kier molecular flexibility index (Phi) is 13.1. The first-order valence-electron chi connectivity index (χ1n) is 21.8. The van der Waals surface area contributed by atoms with Gasteiger partial charge in [0.2, 0.25) is 11.8 Å². The van der Waals surface area contributed by atoms with E-state index in [2.05, 4.69) is 146 Å². The third-order valence-corrected chi connectivity index (χ3v) is 19.4. The molecule has 0 aromatic heterocycles. The summed E-state index contributed by atoms with van der Waals surface area (Å²) >= 11 is 2.13. The van der Waals surface area contributed by atoms with Crippen LogP contribution in [0.15, 0.2) is 120 Å². The predicted molar refractivity (Wildman–Crippen MR) is 252 cm³/mol. The maximum atomic E-state index is 14.7. The molecule has 3 saturated heterocycles. The van der Waals surface area contributed by atoms with Crippen LogP contribution in [0.1, 0.15) is 70.9 Å². The van der Waals surface area contributed by atoms with Crippen molar-refractivity contribution in [2.45, 2.75) is 83.5 Å². The molecule has 8 rings (SSSR count). The van der Waals surface area contributed by atoms with Gasteiger partial charge < -0.3 is 19.0 Å². The molecule has 0 unspecified atom stereocenters. The molecule has 0 spiro atoms. The van der Waals surface area contributed by atoms with Gasteiger partial charge in [0.15, 0.2) is 11.5 Å². The van der Waals surface area contributed by atoms with Crippen LogP contribution in [0.2, 0.25) is 5.04 Å². The summed E-state index contributed by atoms with van der Waals surface area (Å²) < 4.78 is 20.5. The van der Waals surface area contributed by atoms with Gasteiger partial charge in [-0.2, -0.15) is 0 Å². The lowest BCUT2D eigenvalue weighted by Gasteiger charge is -2.44. The van der Waals surface area contributed by atoms with Crippen LogP contribution in [0.3, 0.4) is 0 Å². The number of carbonyl (C=O) groups is 2. The summed E-state index contributed by atoms with van der Waals surface area (Å²) in [7, 11) is -1.35. The zero-order chi connectivity index (χ0) is 42.9. The number of rotatable bonds is 13. The van der Waals surface area contributed by atoms with E-state index in [-0.39, 0.29) is 40.7 Å². The molecule has 3 heterocycles. The number of aromatic hydroxyl groups is 1. The van der Waals surface area contributed by atoms with Gasteiger partial charge in [-0.15, -0.1) is 0 Å². The lowest BCUT2D eigenvalue weighted by atomic mass is 9.69. The molecule has 4 atom stereocenters. The number of phenolic OH excluding ortho intramolecular Hbond substituents is 1. The maximum Gasteiger partial charge on any atom is 0.261 e. The fraction of sp³-hybridized carbons (Fsp3) is 0.412. The van der Waals surface area contributed by atoms with Crippen LogP contribution < -0.4 is 15.1 Å². The molecular formula is C51H59IN2O6Si. The fourth-order valence-electron chi connectivity index (χ4n) is 10.7. The highest BCUT2D eigenvalue weighted by Gasteiger charge is 2.59. The Bertz CT molecular complexity index is 2230. The van der Waals surface area contributed by atoms with Gasteiger partial charge in [-0.25, -0.2) is 0 Å². The van der Waals surface area contributed by atoms with E-state index in [1.54, 1.807) is 12.0 Å². The van der Waals surface area contributed by atoms with Crippen molar-refractivity contribution < 1.29 is 28.6 Å². The number of likely N-dealkylation sites (tertiary alicyclic amines) is 2. The van der Waals surface area contributed by atoms with E-state index in [1.165, 1.54) is 27.1 Å². The molecule has 1 N–H and O–H groups in total. The van der Waals surface area contributed by atoms with Crippen LogP contribution in [0.25, 0.3) is 6.08 Å². The van der Waals surface area contributed by atoms with Crippen molar-refractivity contribution in [3.8, 4) is 11.5 Å². The molecular weight excluding hydrogens is 892 g/mol. The number of fused-ring (bicyclic) bond motifs is 3. The van der Waals surface area contributed by atoms with Crippen molar-refractivity contribution in [3.63, 3.8) is 0 Å². The van der Waals surface area contributed by atoms with Crippen molar-refractivity contribution in [1.82, 2.24) is 9.80 Å². The number of imide groups is 1. The lowest BCUT2D eigenvalue weighted by Crippen LogP contribution is -2.66. The number of amides is 2. The Hall–Kier alpha value is -4.07. The number of carbonyl (C=O) groups excluding carboxylic acids is 2. The molecule has 3 fully saturated rings. The van der Waals surface area contributed by atoms with E-state index < -0.39 is 20.2 Å². The Morgan fingerprint density at radius 3 is 2.13 bits per heavy atom. The molecule has 4 aromatic rings. The number of nitrogens with zero attached hydrogens (tertiary/aromatic N) is 2. The van der Waals surface area contributed by atoms with Crippen LogP contribution in [0.5, 0.6) is 11.5 Å². The Morgan fingerprint density at radius 2 is 1.52 bits per heavy atom. The van der Waals surface area contributed by atoms with E-state index in [0.29, 0.717) is 25.4 Å². The Balaban J connectivity index is 1.10. The average molecular weight is 951 g/mol. The van der Waals surface area contributed by atoms with Gasteiger partial charge in [0.1, 0.15) is 0 Å². The molecule has 10 heteroatoms. The van der Waals surface area contributed by atoms with Crippen molar-refractivity contribution >= 4 is 59.2 Å². The molecule has 61 heavy (non-hydrogen) atoms. The summed E-state index contributed by atoms with van der Waals surface area (Å²) in [5.41, 5.74) is 5.72. The standard InChI is InChI=1S/C51H59IN2O6Si/c1-34(27-36-28-43(52)48(55)45(29-36)58-5)21-22-44-46-37(32-60-61(51(2,3)4,39-17-11-7-12-18-39)40-19-13-8-14-20-40)30-41-47(42(46)33-59-44)50(57)54(49(41)56)38-23-25-53(26-24-38)31-35-15-9-6-10-16-35/h6-20,27-29,38,41-42,44,47,55H,21-26,30-33H2,1-5H3/b34-27+/t41-,42+,44-,47-/m1/s1. The number of allylic oxidation sites excluding steroid dienone is 1. The summed E-state index contributed by atoms with van der Waals surface area (Å²) in [6, 6.07) is 35.6. The number of ether oxygens (including phenoxy) is 2. The SMILES string of the molecule is COc1cc(/C=C(\C)CC[C@H]2OC[C@H]3C2=C(CO[Si](c2ccccc2)(c2ccccc2)C(C)(C)C)C[C@H]2C(=O)N(C4CCN(Cc5ccccc5)CC4)C(=O)[C@H]23)cc(I)c1O. The summed E-state index contributed by atoms with van der Waals surface area (Å²) in [5.74, 6) is -0.448. The number of benzene rings is 4. The second kappa shape index (κ2) is 18.3. The highest BCUT2D eigenvalue weighted by atomic mass is 127. The number of halogens is 1. The predicted octanol–water partition coefficient (Wildman–Crippen LogP) is 8.75. The Morgan fingerprint density at radius 1 is 0.902 bits per heavy atom. The van der Waals surface area contributed by atoms with Crippen molar-refractivity contribution in [2.24, 2.45) is 17.8 Å². The molecule has 0 bridgehead atoms. The van der Waals surface area contributed by atoms with Gasteiger partial charge >= 0.3 is 0 Å². The third-order valence-electron chi connectivity index (χ3n) is 13.6. The molecule has 320 valence electrons. The summed E-state index contributed by atoms with van der Waals surface area (Å²) in [4.78, 5) is 33.5. The topological polar surface area (TPSA) is 88.5 Å². The average Bonchev–Trinajstić information content (AvgIpc) is 3.79. The molecule has 8 nitrogen and oxygen atoms in total. The molecule has 2 amide bonds. The fourth-order valence-corrected chi connectivity index (χ4v) is 15.8. The van der Waals surface area contributed by atoms with Gasteiger partial charge in [0, 0.05) is 31.6 Å². The quantitative estimate of drug-likeness (QED) is 0.0621. The largest absolute Gasteiger partial charge is 0.504 e. The highest BCUT2D eigenvalue weighted by Crippen LogP contribution is 2.51. The monoisotopic (exact) mass is 950 g/mol. The molecule has 4 aromatic carbocycles. The number of piperidine rings is 1. The minimum Gasteiger partial charge on any atom is -0.504 e. The van der Waals surface area contributed by atoms with Gasteiger partial charge in [-0.1, -0.05) is 123 Å². The zero-order valence-corrected chi connectivity index (χ0v) is 39.3. The maximum absolute atomic E-state index is 14.7. The number of methoxy groups -OCH3 is 1. The molecule has 3 aliphatic heterocycles. The number of hydrogen-bond donors (Lipinski definition) is 1. The van der Waals surface area contributed by atoms with E-state index in [1.807, 2.05) is 18.2 Å². The number of phenols is 1. The first-order valence-corrected chi connectivity index (χ1v) is 24.8. The zero-order valence-electron chi connectivity index (χ0n) is 36.1. The van der Waals surface area contributed by atoms with Crippen LogP contribution in [0, 0.1) is 21.3 Å². The van der Waals surface area contributed by atoms with Gasteiger partial charge in [-0.3, -0.25) is 19.4 Å². The van der Waals surface area contributed by atoms with Gasteiger partial charge in [-0.05, 0) is 111 Å². The van der Waals surface area contributed by atoms with Crippen LogP contribution in [-0.4, -0.2) is 80.6 Å². The normalized spacial score (nSPS) is 22.8. The lowest BCUT2D eigenvalue weighted by molar-refractivity contribution is -0.144. The van der Waals surface area contributed by atoms with Crippen LogP contribution >= 0.6 is 22.6 Å². The third kappa shape index (κ3) is 8.67. The van der Waals surface area contributed by atoms with Crippen molar-refractivity contribution in [2.75, 3.05) is 33.4 Å². The summed E-state index contributed by atoms with van der Waals surface area (Å²) in [5, 5.41) is 12.6. The highest BCUT2D eigenvalue weighted by molar-refractivity contribution is 14.1. The van der Waals surface area contributed by atoms with Crippen LogP contribution in [-0.2, 0) is 25.3 Å². The second-order valence-electron chi connectivity index (χ2n) is 18.4. The molecule has 4 aliphatic rings. The minimum absolute atomic E-state index is 0.0119. The van der Waals surface area contributed by atoms with Gasteiger partial charge in [0.25, 0.3) is 8.32 Å². The van der Waals surface area contributed by atoms with E-state index in [0.717, 1.165) is 60.0 Å². The number of hydrogen-bond acceptors (Lipinski definition) is 7. The van der Waals surface area contributed by atoms with Crippen molar-refractivity contribution in [3.05, 3.63) is 135 Å². The Labute approximate surface area is 376 Å².